The molecule has 1 N–H and O–H groups in total. The molecule has 2 rings (SSSR count). The summed E-state index contributed by atoms with van der Waals surface area (Å²) in [5, 5.41) is 3.97. The fourth-order valence-electron chi connectivity index (χ4n) is 2.03. The number of nitrogens with one attached hydrogen (secondary N) is 1. The van der Waals surface area contributed by atoms with E-state index in [0.29, 0.717) is 18.1 Å². The van der Waals surface area contributed by atoms with E-state index in [1.807, 2.05) is 24.3 Å². The van der Waals surface area contributed by atoms with E-state index in [0.717, 1.165) is 23.5 Å². The van der Waals surface area contributed by atoms with Crippen LogP contribution in [0.4, 0.5) is 0 Å². The van der Waals surface area contributed by atoms with Crippen LogP contribution in [0.3, 0.4) is 0 Å². The van der Waals surface area contributed by atoms with Gasteiger partial charge in [0.2, 0.25) is 0 Å². The summed E-state index contributed by atoms with van der Waals surface area (Å²) in [6, 6.07) is 14.4. The molecule has 0 saturated heterocycles. The van der Waals surface area contributed by atoms with Gasteiger partial charge in [-0.05, 0) is 66.4 Å². The summed E-state index contributed by atoms with van der Waals surface area (Å²) < 4.78 is 10.7. The van der Waals surface area contributed by atoms with Crippen molar-refractivity contribution in [3.05, 3.63) is 59.7 Å². The Morgan fingerprint density at radius 1 is 1.08 bits per heavy atom. The quantitative estimate of drug-likeness (QED) is 0.586. The lowest BCUT2D eigenvalue weighted by Crippen LogP contribution is -2.17. The lowest BCUT2D eigenvalue weighted by atomic mass is 10.1. The number of nitrogens with zero attached hydrogens (tertiary/aromatic N) is 1. The van der Waals surface area contributed by atoms with E-state index in [-0.39, 0.29) is 5.91 Å². The van der Waals surface area contributed by atoms with Gasteiger partial charge < -0.3 is 9.47 Å². The van der Waals surface area contributed by atoms with Crippen molar-refractivity contribution in [3.8, 4) is 11.5 Å². The number of rotatable bonds is 8. The summed E-state index contributed by atoms with van der Waals surface area (Å²) in [4.78, 5) is 12.1. The molecule has 5 heteroatoms. The molecule has 5 nitrogen and oxygen atoms in total. The third-order valence-corrected chi connectivity index (χ3v) is 3.58. The van der Waals surface area contributed by atoms with Gasteiger partial charge in [0.25, 0.3) is 5.91 Å². The second-order valence-corrected chi connectivity index (χ2v) is 6.03. The second-order valence-electron chi connectivity index (χ2n) is 6.03. The van der Waals surface area contributed by atoms with E-state index < -0.39 is 0 Å². The monoisotopic (exact) mass is 340 g/mol. The van der Waals surface area contributed by atoms with Crippen molar-refractivity contribution in [2.24, 2.45) is 11.0 Å². The summed E-state index contributed by atoms with van der Waals surface area (Å²) in [6.07, 6.45) is 2.59. The van der Waals surface area contributed by atoms with Crippen molar-refractivity contribution in [1.29, 1.82) is 0 Å². The SMILES string of the molecule is COc1ccc(/C=N/NC(=O)c2ccc(OCCC(C)C)cc2)cc1. The molecule has 0 radical (unpaired) electrons. The third kappa shape index (κ3) is 6.30. The van der Waals surface area contributed by atoms with Crippen LogP contribution in [0.15, 0.2) is 53.6 Å². The molecule has 0 atom stereocenters. The zero-order valence-corrected chi connectivity index (χ0v) is 14.9. The fourth-order valence-corrected chi connectivity index (χ4v) is 2.03. The van der Waals surface area contributed by atoms with E-state index in [4.69, 9.17) is 9.47 Å². The number of hydrogen-bond donors (Lipinski definition) is 1. The first-order chi connectivity index (χ1) is 12.1. The summed E-state index contributed by atoms with van der Waals surface area (Å²) >= 11 is 0. The maximum absolute atomic E-state index is 12.1. The summed E-state index contributed by atoms with van der Waals surface area (Å²) in [7, 11) is 1.62. The van der Waals surface area contributed by atoms with E-state index in [1.165, 1.54) is 0 Å². The highest BCUT2D eigenvalue weighted by Crippen LogP contribution is 2.13. The Morgan fingerprint density at radius 2 is 1.72 bits per heavy atom. The van der Waals surface area contributed by atoms with Gasteiger partial charge in [-0.2, -0.15) is 5.10 Å². The van der Waals surface area contributed by atoms with Crippen molar-refractivity contribution in [2.45, 2.75) is 20.3 Å². The van der Waals surface area contributed by atoms with Gasteiger partial charge >= 0.3 is 0 Å². The van der Waals surface area contributed by atoms with Crippen molar-refractivity contribution in [1.82, 2.24) is 5.43 Å². The van der Waals surface area contributed by atoms with Gasteiger partial charge in [-0.1, -0.05) is 13.8 Å². The predicted molar refractivity (Wildman–Crippen MR) is 99.4 cm³/mol. The van der Waals surface area contributed by atoms with Crippen LogP contribution in [0, 0.1) is 5.92 Å². The number of carbonyl (C=O) groups excluding carboxylic acids is 1. The number of methoxy groups -OCH3 is 1. The summed E-state index contributed by atoms with van der Waals surface area (Å²) in [5.41, 5.74) is 3.91. The Kier molecular flexibility index (Phi) is 7.01. The van der Waals surface area contributed by atoms with E-state index in [1.54, 1.807) is 37.6 Å². The lowest BCUT2D eigenvalue weighted by Gasteiger charge is -2.08. The first kappa shape index (κ1) is 18.5. The van der Waals surface area contributed by atoms with Gasteiger partial charge in [0.05, 0.1) is 19.9 Å². The first-order valence-corrected chi connectivity index (χ1v) is 8.29. The minimum absolute atomic E-state index is 0.265. The minimum Gasteiger partial charge on any atom is -0.497 e. The molecule has 1 amide bonds. The third-order valence-electron chi connectivity index (χ3n) is 3.58. The number of amides is 1. The zero-order valence-electron chi connectivity index (χ0n) is 14.9. The Morgan fingerprint density at radius 3 is 2.32 bits per heavy atom. The van der Waals surface area contributed by atoms with Crippen LogP contribution in [0.5, 0.6) is 11.5 Å². The van der Waals surface area contributed by atoms with Crippen molar-refractivity contribution in [2.75, 3.05) is 13.7 Å². The normalized spacial score (nSPS) is 10.9. The van der Waals surface area contributed by atoms with Crippen LogP contribution in [-0.4, -0.2) is 25.8 Å². The Hall–Kier alpha value is -2.82. The van der Waals surface area contributed by atoms with Crippen LogP contribution in [0.25, 0.3) is 0 Å². The van der Waals surface area contributed by atoms with Crippen LogP contribution in [0.2, 0.25) is 0 Å². The van der Waals surface area contributed by atoms with Crippen LogP contribution in [0.1, 0.15) is 36.2 Å². The lowest BCUT2D eigenvalue weighted by molar-refractivity contribution is 0.0955. The van der Waals surface area contributed by atoms with Crippen LogP contribution >= 0.6 is 0 Å². The molecule has 0 unspecified atom stereocenters. The Bertz CT molecular complexity index is 692. The van der Waals surface area contributed by atoms with Gasteiger partial charge in [0, 0.05) is 5.56 Å². The molecule has 2 aromatic carbocycles. The molecule has 0 aliphatic carbocycles. The maximum Gasteiger partial charge on any atom is 0.271 e. The fraction of sp³-hybridized carbons (Fsp3) is 0.300. The number of hydrazone groups is 1. The number of carbonyl (C=O) groups is 1. The van der Waals surface area contributed by atoms with Crippen molar-refractivity contribution < 1.29 is 14.3 Å². The van der Waals surface area contributed by atoms with Crippen molar-refractivity contribution in [3.63, 3.8) is 0 Å². The summed E-state index contributed by atoms with van der Waals surface area (Å²) in [6.45, 7) is 4.99. The molecular formula is C20H24N2O3. The number of ether oxygens (including phenoxy) is 2. The maximum atomic E-state index is 12.1. The highest BCUT2D eigenvalue weighted by Gasteiger charge is 2.04. The number of hydrogen-bond acceptors (Lipinski definition) is 4. The topological polar surface area (TPSA) is 59.9 Å². The molecule has 0 bridgehead atoms. The average molecular weight is 340 g/mol. The predicted octanol–water partition coefficient (Wildman–Crippen LogP) is 3.88. The molecule has 0 heterocycles. The molecule has 0 spiro atoms. The molecule has 132 valence electrons. The van der Waals surface area contributed by atoms with Crippen LogP contribution in [-0.2, 0) is 0 Å². The number of benzene rings is 2. The smallest absolute Gasteiger partial charge is 0.271 e. The molecule has 0 aliphatic rings. The highest BCUT2D eigenvalue weighted by molar-refractivity contribution is 5.95. The van der Waals surface area contributed by atoms with Crippen LogP contribution < -0.4 is 14.9 Å². The largest absolute Gasteiger partial charge is 0.497 e. The Balaban J connectivity index is 1.84. The average Bonchev–Trinajstić information content (AvgIpc) is 2.62. The van der Waals surface area contributed by atoms with E-state index in [2.05, 4.69) is 24.4 Å². The van der Waals surface area contributed by atoms with Gasteiger partial charge in [0.1, 0.15) is 11.5 Å². The van der Waals surface area contributed by atoms with Crippen molar-refractivity contribution >= 4 is 12.1 Å². The molecule has 25 heavy (non-hydrogen) atoms. The second kappa shape index (κ2) is 9.47. The van der Waals surface area contributed by atoms with Gasteiger partial charge in [-0.3, -0.25) is 4.79 Å². The van der Waals surface area contributed by atoms with Gasteiger partial charge in [0.15, 0.2) is 0 Å². The molecular weight excluding hydrogens is 316 g/mol. The Labute approximate surface area is 148 Å². The van der Waals surface area contributed by atoms with Gasteiger partial charge in [-0.25, -0.2) is 5.43 Å². The molecule has 0 aromatic heterocycles. The van der Waals surface area contributed by atoms with E-state index >= 15 is 0 Å². The standard InChI is InChI=1S/C20H24N2O3/c1-15(2)12-13-25-19-10-6-17(7-11-19)20(23)22-21-14-16-4-8-18(24-3)9-5-16/h4-11,14-15H,12-13H2,1-3H3,(H,22,23)/b21-14+. The first-order valence-electron chi connectivity index (χ1n) is 8.29. The molecule has 0 aliphatic heterocycles. The van der Waals surface area contributed by atoms with Gasteiger partial charge in [-0.15, -0.1) is 0 Å². The minimum atomic E-state index is -0.265. The molecule has 2 aromatic rings. The zero-order chi connectivity index (χ0) is 18.1. The summed E-state index contributed by atoms with van der Waals surface area (Å²) in [5.74, 6) is 1.88. The molecule has 0 fully saturated rings. The highest BCUT2D eigenvalue weighted by atomic mass is 16.5. The molecule has 0 saturated carbocycles. The van der Waals surface area contributed by atoms with E-state index in [9.17, 15) is 4.79 Å².